The average molecular weight is 302 g/mol. The number of ether oxygens (including phenoxy) is 1. The van der Waals surface area contributed by atoms with Crippen LogP contribution in [0.2, 0.25) is 0 Å². The molecule has 2 aromatic heterocycles. The van der Waals surface area contributed by atoms with Crippen molar-refractivity contribution in [3.8, 4) is 5.75 Å². The van der Waals surface area contributed by atoms with Crippen LogP contribution in [0, 0.1) is 6.92 Å². The second kappa shape index (κ2) is 5.74. The highest BCUT2D eigenvalue weighted by Gasteiger charge is 2.12. The number of aryl methyl sites for hydroxylation is 1. The van der Waals surface area contributed by atoms with E-state index in [4.69, 9.17) is 16.3 Å². The van der Waals surface area contributed by atoms with Crippen LogP contribution in [0.1, 0.15) is 17.0 Å². The van der Waals surface area contributed by atoms with Gasteiger partial charge in [-0.3, -0.25) is 0 Å². The molecule has 0 aliphatic heterocycles. The number of methoxy groups -OCH3 is 1. The number of hydrogen-bond donors (Lipinski definition) is 0. The molecule has 0 atom stereocenters. The van der Waals surface area contributed by atoms with Crippen molar-refractivity contribution >= 4 is 22.8 Å². The summed E-state index contributed by atoms with van der Waals surface area (Å²) in [6.45, 7) is 2.68. The van der Waals surface area contributed by atoms with Crippen molar-refractivity contribution in [3.05, 3.63) is 53.5 Å². The van der Waals surface area contributed by atoms with Crippen LogP contribution in [0.5, 0.6) is 5.75 Å². The summed E-state index contributed by atoms with van der Waals surface area (Å²) in [4.78, 5) is 9.07. The topological polar surface area (TPSA) is 39.9 Å². The normalized spacial score (nSPS) is 11.0. The van der Waals surface area contributed by atoms with E-state index in [0.29, 0.717) is 12.4 Å². The van der Waals surface area contributed by atoms with Crippen molar-refractivity contribution in [1.29, 1.82) is 0 Å². The maximum atomic E-state index is 6.03. The Morgan fingerprint density at radius 1 is 1.29 bits per heavy atom. The van der Waals surface area contributed by atoms with E-state index < -0.39 is 0 Å². The minimum atomic E-state index is 0.360. The third-order valence-corrected chi connectivity index (χ3v) is 3.63. The molecule has 3 rings (SSSR count). The molecule has 0 aliphatic rings. The van der Waals surface area contributed by atoms with E-state index in [1.807, 2.05) is 37.4 Å². The molecule has 21 heavy (non-hydrogen) atoms. The van der Waals surface area contributed by atoms with E-state index in [-0.39, 0.29) is 0 Å². The Morgan fingerprint density at radius 2 is 2.14 bits per heavy atom. The van der Waals surface area contributed by atoms with Gasteiger partial charge in [0.15, 0.2) is 5.65 Å². The van der Waals surface area contributed by atoms with Crippen molar-refractivity contribution in [3.63, 3.8) is 0 Å². The van der Waals surface area contributed by atoms with Crippen LogP contribution in [0.4, 0.5) is 0 Å². The molecule has 0 amide bonds. The first kappa shape index (κ1) is 13.9. The number of imidazole rings is 1. The molecule has 0 fully saturated rings. The second-order valence-electron chi connectivity index (χ2n) is 4.95. The highest BCUT2D eigenvalue weighted by molar-refractivity contribution is 6.16. The van der Waals surface area contributed by atoms with E-state index in [0.717, 1.165) is 33.9 Å². The summed E-state index contributed by atoms with van der Waals surface area (Å²) >= 11 is 6.03. The number of rotatable bonds is 4. The van der Waals surface area contributed by atoms with E-state index in [1.54, 1.807) is 7.11 Å². The molecule has 0 bridgehead atoms. The molecule has 1 aromatic carbocycles. The smallest absolute Gasteiger partial charge is 0.160 e. The maximum Gasteiger partial charge on any atom is 0.160 e. The van der Waals surface area contributed by atoms with Gasteiger partial charge in [0.05, 0.1) is 19.5 Å². The molecule has 5 heteroatoms. The molecule has 3 aromatic rings. The minimum absolute atomic E-state index is 0.360. The zero-order chi connectivity index (χ0) is 14.8. The summed E-state index contributed by atoms with van der Waals surface area (Å²) in [6.07, 6.45) is 1.85. The fourth-order valence-electron chi connectivity index (χ4n) is 2.38. The molecule has 0 saturated carbocycles. The number of nitrogens with zero attached hydrogens (tertiary/aromatic N) is 3. The van der Waals surface area contributed by atoms with Gasteiger partial charge >= 0.3 is 0 Å². The van der Waals surface area contributed by atoms with Crippen LogP contribution in [0.15, 0.2) is 36.5 Å². The fraction of sp³-hybridized carbons (Fsp3) is 0.250. The average Bonchev–Trinajstić information content (AvgIpc) is 2.84. The lowest BCUT2D eigenvalue weighted by molar-refractivity contribution is 0.414. The molecule has 0 N–H and O–H groups in total. The lowest BCUT2D eigenvalue weighted by Crippen LogP contribution is -2.05. The SMILES string of the molecule is COc1cccc(Cn2c(CCl)nc3cc(C)cnc32)c1. The van der Waals surface area contributed by atoms with Crippen LogP contribution < -0.4 is 4.74 Å². The van der Waals surface area contributed by atoms with Crippen LogP contribution in [0.25, 0.3) is 11.2 Å². The summed E-state index contributed by atoms with van der Waals surface area (Å²) in [5, 5.41) is 0. The van der Waals surface area contributed by atoms with Gasteiger partial charge in [0.25, 0.3) is 0 Å². The lowest BCUT2D eigenvalue weighted by Gasteiger charge is -2.08. The minimum Gasteiger partial charge on any atom is -0.497 e. The van der Waals surface area contributed by atoms with Crippen LogP contribution in [0.3, 0.4) is 0 Å². The summed E-state index contributed by atoms with van der Waals surface area (Å²) in [6, 6.07) is 10.0. The Labute approximate surface area is 128 Å². The van der Waals surface area contributed by atoms with Gasteiger partial charge in [-0.05, 0) is 36.2 Å². The number of fused-ring (bicyclic) bond motifs is 1. The van der Waals surface area contributed by atoms with E-state index in [9.17, 15) is 0 Å². The van der Waals surface area contributed by atoms with Crippen LogP contribution >= 0.6 is 11.6 Å². The summed E-state index contributed by atoms with van der Waals surface area (Å²) in [5.41, 5.74) is 3.96. The molecule has 108 valence electrons. The van der Waals surface area contributed by atoms with Crippen LogP contribution in [-0.4, -0.2) is 21.6 Å². The number of alkyl halides is 1. The predicted octanol–water partition coefficient (Wildman–Crippen LogP) is 3.54. The van der Waals surface area contributed by atoms with Gasteiger partial charge in [0, 0.05) is 6.20 Å². The number of aromatic nitrogens is 3. The van der Waals surface area contributed by atoms with E-state index >= 15 is 0 Å². The van der Waals surface area contributed by atoms with Gasteiger partial charge < -0.3 is 9.30 Å². The summed E-state index contributed by atoms with van der Waals surface area (Å²) < 4.78 is 7.32. The molecule has 4 nitrogen and oxygen atoms in total. The number of halogens is 1. The molecule has 0 spiro atoms. The van der Waals surface area contributed by atoms with Crippen molar-refractivity contribution in [2.75, 3.05) is 7.11 Å². The first-order valence-corrected chi connectivity index (χ1v) is 7.25. The number of pyridine rings is 1. The van der Waals surface area contributed by atoms with Gasteiger partial charge in [-0.25, -0.2) is 9.97 Å². The molecular weight excluding hydrogens is 286 g/mol. The highest BCUT2D eigenvalue weighted by atomic mass is 35.5. The van der Waals surface area contributed by atoms with Gasteiger partial charge in [0.1, 0.15) is 17.1 Å². The zero-order valence-corrected chi connectivity index (χ0v) is 12.8. The van der Waals surface area contributed by atoms with Crippen molar-refractivity contribution in [2.45, 2.75) is 19.3 Å². The van der Waals surface area contributed by atoms with Gasteiger partial charge in [-0.15, -0.1) is 11.6 Å². The standard InChI is InChI=1S/C16H16ClN3O/c1-11-6-14-16(18-9-11)20(15(8-17)19-14)10-12-4-3-5-13(7-12)21-2/h3-7,9H,8,10H2,1-2H3. The molecule has 0 aliphatic carbocycles. The Morgan fingerprint density at radius 3 is 2.90 bits per heavy atom. The van der Waals surface area contributed by atoms with Crippen LogP contribution in [-0.2, 0) is 12.4 Å². The third kappa shape index (κ3) is 2.72. The summed E-state index contributed by atoms with van der Waals surface area (Å²) in [7, 11) is 1.67. The van der Waals surface area contributed by atoms with Crippen molar-refractivity contribution < 1.29 is 4.74 Å². The van der Waals surface area contributed by atoms with Gasteiger partial charge in [-0.1, -0.05) is 12.1 Å². The van der Waals surface area contributed by atoms with Gasteiger partial charge in [-0.2, -0.15) is 0 Å². The first-order valence-electron chi connectivity index (χ1n) is 6.72. The lowest BCUT2D eigenvalue weighted by atomic mass is 10.2. The predicted molar refractivity (Wildman–Crippen MR) is 83.9 cm³/mol. The second-order valence-corrected chi connectivity index (χ2v) is 5.22. The third-order valence-electron chi connectivity index (χ3n) is 3.40. The molecule has 0 unspecified atom stereocenters. The van der Waals surface area contributed by atoms with Gasteiger partial charge in [0.2, 0.25) is 0 Å². The molecule has 2 heterocycles. The molecule has 0 radical (unpaired) electrons. The Hall–Kier alpha value is -2.07. The largest absolute Gasteiger partial charge is 0.497 e. The van der Waals surface area contributed by atoms with E-state index in [2.05, 4.69) is 20.6 Å². The monoisotopic (exact) mass is 301 g/mol. The molecule has 0 saturated heterocycles. The first-order chi connectivity index (χ1) is 10.2. The molecular formula is C16H16ClN3O. The quantitative estimate of drug-likeness (QED) is 0.692. The van der Waals surface area contributed by atoms with Crippen molar-refractivity contribution in [1.82, 2.24) is 14.5 Å². The fourth-order valence-corrected chi connectivity index (χ4v) is 2.58. The Bertz CT molecular complexity index is 782. The van der Waals surface area contributed by atoms with Crippen molar-refractivity contribution in [2.24, 2.45) is 0 Å². The maximum absolute atomic E-state index is 6.03. The number of hydrogen-bond acceptors (Lipinski definition) is 3. The number of benzene rings is 1. The van der Waals surface area contributed by atoms with E-state index in [1.165, 1.54) is 0 Å². The summed E-state index contributed by atoms with van der Waals surface area (Å²) in [5.74, 6) is 2.03. The zero-order valence-electron chi connectivity index (χ0n) is 12.0. The highest BCUT2D eigenvalue weighted by Crippen LogP contribution is 2.20. The Balaban J connectivity index is 2.06. The Kier molecular flexibility index (Phi) is 3.80.